The van der Waals surface area contributed by atoms with Crippen LogP contribution in [-0.4, -0.2) is 12.1 Å². The van der Waals surface area contributed by atoms with Crippen molar-refractivity contribution < 1.29 is 9.53 Å². The van der Waals surface area contributed by atoms with Crippen molar-refractivity contribution >= 4 is 36.9 Å². The topological polar surface area (TPSA) is 64.7 Å². The lowest BCUT2D eigenvalue weighted by atomic mass is 10.2. The van der Waals surface area contributed by atoms with E-state index in [4.69, 9.17) is 10.5 Å². The van der Waals surface area contributed by atoms with Gasteiger partial charge in [0, 0.05) is 11.8 Å². The fourth-order valence-corrected chi connectivity index (χ4v) is 1.27. The van der Waals surface area contributed by atoms with E-state index in [1.807, 2.05) is 24.3 Å². The van der Waals surface area contributed by atoms with Crippen LogP contribution in [0.25, 0.3) is 0 Å². The summed E-state index contributed by atoms with van der Waals surface area (Å²) < 4.78 is 5.37. The first-order chi connectivity index (χ1) is 7.25. The van der Waals surface area contributed by atoms with Gasteiger partial charge in [-0.2, -0.15) is 0 Å². The maximum Gasteiger partial charge on any atom is 0.223 e. The van der Waals surface area contributed by atoms with E-state index < -0.39 is 5.91 Å². The summed E-state index contributed by atoms with van der Waals surface area (Å²) >= 11 is 0. The smallest absolute Gasteiger partial charge is 0.223 e. The molecular formula is C11H12Cl2N2O2. The molecule has 0 unspecified atom stereocenters. The Labute approximate surface area is 111 Å². The number of carbonyl (C=O) groups excluding carboxylic acids is 1. The molecule has 1 aliphatic heterocycles. The SMILES string of the molecule is Cl.Cl.NC(=O)CC1=COc2ccccc2C=N1. The van der Waals surface area contributed by atoms with E-state index in [1.165, 1.54) is 6.26 Å². The number of rotatable bonds is 2. The van der Waals surface area contributed by atoms with Crippen molar-refractivity contribution in [3.8, 4) is 5.75 Å². The second-order valence-corrected chi connectivity index (χ2v) is 3.17. The molecule has 17 heavy (non-hydrogen) atoms. The predicted molar refractivity (Wildman–Crippen MR) is 71.1 cm³/mol. The maximum absolute atomic E-state index is 10.7. The molecule has 0 radical (unpaired) electrons. The zero-order valence-electron chi connectivity index (χ0n) is 8.83. The Morgan fingerprint density at radius 1 is 1.29 bits per heavy atom. The van der Waals surface area contributed by atoms with Gasteiger partial charge in [-0.15, -0.1) is 24.8 Å². The normalized spacial score (nSPS) is 11.9. The van der Waals surface area contributed by atoms with Crippen LogP contribution in [0, 0.1) is 0 Å². The number of fused-ring (bicyclic) bond motifs is 1. The number of amides is 1. The van der Waals surface area contributed by atoms with Crippen molar-refractivity contribution in [2.45, 2.75) is 6.42 Å². The number of nitrogens with two attached hydrogens (primary N) is 1. The Kier molecular flexibility index (Phi) is 6.31. The predicted octanol–water partition coefficient (Wildman–Crippen LogP) is 2.06. The van der Waals surface area contributed by atoms with Crippen molar-refractivity contribution in [2.24, 2.45) is 10.7 Å². The number of benzene rings is 1. The molecule has 0 fully saturated rings. The van der Waals surface area contributed by atoms with E-state index >= 15 is 0 Å². The van der Waals surface area contributed by atoms with Crippen molar-refractivity contribution in [2.75, 3.05) is 0 Å². The number of para-hydroxylation sites is 1. The Morgan fingerprint density at radius 3 is 2.71 bits per heavy atom. The number of ether oxygens (including phenoxy) is 1. The molecule has 4 nitrogen and oxygen atoms in total. The van der Waals surface area contributed by atoms with Crippen LogP contribution in [-0.2, 0) is 4.79 Å². The lowest BCUT2D eigenvalue weighted by Crippen LogP contribution is -2.10. The molecule has 1 aromatic carbocycles. The van der Waals surface area contributed by atoms with Gasteiger partial charge in [0.25, 0.3) is 0 Å². The molecule has 6 heteroatoms. The minimum absolute atomic E-state index is 0. The summed E-state index contributed by atoms with van der Waals surface area (Å²) in [4.78, 5) is 14.8. The fraction of sp³-hybridized carbons (Fsp3) is 0.0909. The average molecular weight is 275 g/mol. The highest BCUT2D eigenvalue weighted by Gasteiger charge is 2.07. The molecule has 1 aromatic rings. The number of hydrogen-bond acceptors (Lipinski definition) is 3. The van der Waals surface area contributed by atoms with Crippen LogP contribution < -0.4 is 10.5 Å². The summed E-state index contributed by atoms with van der Waals surface area (Å²) in [5.41, 5.74) is 6.48. The standard InChI is InChI=1S/C11H10N2O2.2ClH/c12-11(14)5-9-7-15-10-4-2-1-3-8(10)6-13-9;;/h1-4,6-7H,5H2,(H2,12,14);2*1H. The largest absolute Gasteiger partial charge is 0.462 e. The molecule has 92 valence electrons. The third-order valence-corrected chi connectivity index (χ3v) is 1.97. The Morgan fingerprint density at radius 2 is 2.00 bits per heavy atom. The van der Waals surface area contributed by atoms with E-state index in [0.717, 1.165) is 11.3 Å². The van der Waals surface area contributed by atoms with Gasteiger partial charge in [-0.1, -0.05) is 12.1 Å². The summed E-state index contributed by atoms with van der Waals surface area (Å²) in [5.74, 6) is 0.300. The lowest BCUT2D eigenvalue weighted by Gasteiger charge is -2.00. The first kappa shape index (κ1) is 15.5. The van der Waals surface area contributed by atoms with Crippen LogP contribution in [0.15, 0.2) is 41.2 Å². The lowest BCUT2D eigenvalue weighted by molar-refractivity contribution is -0.117. The highest BCUT2D eigenvalue weighted by atomic mass is 35.5. The summed E-state index contributed by atoms with van der Waals surface area (Å²) in [7, 11) is 0. The average Bonchev–Trinajstić information content (AvgIpc) is 2.41. The first-order valence-electron chi connectivity index (χ1n) is 4.53. The van der Waals surface area contributed by atoms with Crippen LogP contribution in [0.1, 0.15) is 12.0 Å². The van der Waals surface area contributed by atoms with Gasteiger partial charge in [-0.25, -0.2) is 0 Å². The third kappa shape index (κ3) is 4.09. The Bertz CT molecular complexity index is 459. The van der Waals surface area contributed by atoms with E-state index in [-0.39, 0.29) is 31.2 Å². The summed E-state index contributed by atoms with van der Waals surface area (Å²) in [5, 5.41) is 0. The molecule has 0 aliphatic carbocycles. The monoisotopic (exact) mass is 274 g/mol. The van der Waals surface area contributed by atoms with E-state index in [9.17, 15) is 4.79 Å². The van der Waals surface area contributed by atoms with E-state index in [2.05, 4.69) is 4.99 Å². The second kappa shape index (κ2) is 6.93. The summed E-state index contributed by atoms with van der Waals surface area (Å²) in [6.07, 6.45) is 3.20. The number of halogens is 2. The quantitative estimate of drug-likeness (QED) is 0.897. The first-order valence-corrected chi connectivity index (χ1v) is 4.53. The zero-order chi connectivity index (χ0) is 10.7. The fourth-order valence-electron chi connectivity index (χ4n) is 1.27. The molecule has 2 rings (SSSR count). The molecule has 1 heterocycles. The second-order valence-electron chi connectivity index (χ2n) is 3.17. The minimum Gasteiger partial charge on any atom is -0.462 e. The summed E-state index contributed by atoms with van der Waals surface area (Å²) in [6, 6.07) is 7.50. The summed E-state index contributed by atoms with van der Waals surface area (Å²) in [6.45, 7) is 0. The van der Waals surface area contributed by atoms with E-state index in [0.29, 0.717) is 5.70 Å². The van der Waals surface area contributed by atoms with Crippen LogP contribution in [0.5, 0.6) is 5.75 Å². The molecule has 0 spiro atoms. The maximum atomic E-state index is 10.7. The number of aliphatic imine (C=N–C) groups is 1. The Hall–Kier alpha value is -1.52. The molecule has 1 amide bonds. The number of nitrogens with zero attached hydrogens (tertiary/aromatic N) is 1. The number of primary amides is 1. The molecule has 0 saturated carbocycles. The molecule has 0 atom stereocenters. The van der Waals surface area contributed by atoms with Crippen LogP contribution in [0.4, 0.5) is 0 Å². The molecule has 0 saturated heterocycles. The van der Waals surface area contributed by atoms with Crippen molar-refractivity contribution in [3.05, 3.63) is 41.8 Å². The van der Waals surface area contributed by atoms with Crippen molar-refractivity contribution in [1.82, 2.24) is 0 Å². The van der Waals surface area contributed by atoms with E-state index in [1.54, 1.807) is 6.21 Å². The van der Waals surface area contributed by atoms with Crippen LogP contribution >= 0.6 is 24.8 Å². The van der Waals surface area contributed by atoms with Gasteiger partial charge < -0.3 is 10.5 Å². The van der Waals surface area contributed by atoms with Gasteiger partial charge in [-0.05, 0) is 12.1 Å². The van der Waals surface area contributed by atoms with Gasteiger partial charge >= 0.3 is 0 Å². The minimum atomic E-state index is -0.423. The number of carbonyl (C=O) groups is 1. The molecular weight excluding hydrogens is 263 g/mol. The van der Waals surface area contributed by atoms with Gasteiger partial charge in [-0.3, -0.25) is 9.79 Å². The van der Waals surface area contributed by atoms with Gasteiger partial charge in [0.1, 0.15) is 12.0 Å². The van der Waals surface area contributed by atoms with Crippen molar-refractivity contribution in [1.29, 1.82) is 0 Å². The molecule has 0 bridgehead atoms. The highest BCUT2D eigenvalue weighted by Crippen LogP contribution is 2.20. The Balaban J connectivity index is 0.00000128. The van der Waals surface area contributed by atoms with Gasteiger partial charge in [0.15, 0.2) is 0 Å². The number of hydrogen-bond donors (Lipinski definition) is 1. The molecule has 1 aliphatic rings. The molecule has 0 aromatic heterocycles. The third-order valence-electron chi connectivity index (χ3n) is 1.97. The highest BCUT2D eigenvalue weighted by molar-refractivity contribution is 5.86. The van der Waals surface area contributed by atoms with Gasteiger partial charge in [0.05, 0.1) is 12.1 Å². The zero-order valence-corrected chi connectivity index (χ0v) is 10.5. The van der Waals surface area contributed by atoms with Crippen LogP contribution in [0.2, 0.25) is 0 Å². The van der Waals surface area contributed by atoms with Crippen molar-refractivity contribution in [3.63, 3.8) is 0 Å². The van der Waals surface area contributed by atoms with Crippen LogP contribution in [0.3, 0.4) is 0 Å². The van der Waals surface area contributed by atoms with Gasteiger partial charge in [0.2, 0.25) is 5.91 Å². The molecule has 2 N–H and O–H groups in total.